The van der Waals surface area contributed by atoms with Crippen LogP contribution >= 0.6 is 11.6 Å². The Morgan fingerprint density at radius 2 is 1.89 bits per heavy atom. The zero-order chi connectivity index (χ0) is 24.6. The second-order valence-electron chi connectivity index (χ2n) is 9.56. The van der Waals surface area contributed by atoms with Gasteiger partial charge in [-0.15, -0.1) is 0 Å². The molecule has 186 valence electrons. The molecule has 1 saturated carbocycles. The molecule has 10 nitrogen and oxygen atoms in total. The van der Waals surface area contributed by atoms with Gasteiger partial charge in [-0.25, -0.2) is 4.79 Å². The number of piperidine rings is 1. The number of carbonyl (C=O) groups excluding carboxylic acids is 3. The largest absolute Gasteiger partial charge is 0.388 e. The van der Waals surface area contributed by atoms with Gasteiger partial charge in [0.2, 0.25) is 5.91 Å². The van der Waals surface area contributed by atoms with Crippen LogP contribution < -0.4 is 16.1 Å². The molecule has 1 aromatic heterocycles. The number of anilines is 1. The van der Waals surface area contributed by atoms with Gasteiger partial charge in [-0.05, 0) is 49.4 Å². The molecule has 4 N–H and O–H groups in total. The topological polar surface area (TPSA) is 119 Å². The number of rotatable bonds is 6. The fraction of sp³-hybridized carbons (Fsp3) is 0.458. The molecule has 2 fully saturated rings. The van der Waals surface area contributed by atoms with Gasteiger partial charge >= 0.3 is 6.03 Å². The van der Waals surface area contributed by atoms with E-state index in [9.17, 15) is 19.5 Å². The maximum Gasteiger partial charge on any atom is 0.319 e. The van der Waals surface area contributed by atoms with Crippen LogP contribution in [0.1, 0.15) is 41.7 Å². The number of nitrogens with zero attached hydrogens (tertiary/aromatic N) is 3. The van der Waals surface area contributed by atoms with E-state index in [-0.39, 0.29) is 30.9 Å². The predicted octanol–water partition coefficient (Wildman–Crippen LogP) is 2.18. The minimum Gasteiger partial charge on any atom is -0.388 e. The van der Waals surface area contributed by atoms with Crippen LogP contribution in [0, 0.1) is 5.92 Å². The van der Waals surface area contributed by atoms with E-state index in [1.165, 1.54) is 0 Å². The van der Waals surface area contributed by atoms with E-state index < -0.39 is 11.6 Å². The van der Waals surface area contributed by atoms with Crippen molar-refractivity contribution < 1.29 is 19.5 Å². The van der Waals surface area contributed by atoms with Gasteiger partial charge in [0, 0.05) is 30.6 Å². The number of β-amino-alcohol motifs (C(OH)–C–C–N with tert-alkyl or cyclic N) is 1. The third-order valence-corrected chi connectivity index (χ3v) is 7.05. The lowest BCUT2D eigenvalue weighted by Gasteiger charge is -2.42. The van der Waals surface area contributed by atoms with Gasteiger partial charge in [0.05, 0.1) is 24.0 Å². The van der Waals surface area contributed by atoms with Crippen molar-refractivity contribution in [2.45, 2.75) is 37.8 Å². The Morgan fingerprint density at radius 1 is 1.17 bits per heavy atom. The zero-order valence-corrected chi connectivity index (χ0v) is 20.1. The van der Waals surface area contributed by atoms with Gasteiger partial charge in [-0.2, -0.15) is 0 Å². The van der Waals surface area contributed by atoms with E-state index in [2.05, 4.69) is 16.1 Å². The fourth-order valence-corrected chi connectivity index (χ4v) is 4.68. The Labute approximate surface area is 208 Å². The van der Waals surface area contributed by atoms with Crippen molar-refractivity contribution in [3.8, 4) is 0 Å². The predicted molar refractivity (Wildman–Crippen MR) is 130 cm³/mol. The van der Waals surface area contributed by atoms with Crippen LogP contribution in [0.4, 0.5) is 10.5 Å². The summed E-state index contributed by atoms with van der Waals surface area (Å²) in [6.45, 7) is 1.77. The minimum absolute atomic E-state index is 0.171. The molecule has 4 amide bonds. The average molecular weight is 501 g/mol. The monoisotopic (exact) mass is 500 g/mol. The van der Waals surface area contributed by atoms with Gasteiger partial charge < -0.3 is 31.0 Å². The maximum atomic E-state index is 13.1. The van der Waals surface area contributed by atoms with E-state index in [1.807, 2.05) is 17.0 Å². The molecule has 3 aliphatic rings. The number of hydrogen-bond acceptors (Lipinski definition) is 5. The summed E-state index contributed by atoms with van der Waals surface area (Å²) < 4.78 is 1.58. The molecule has 1 saturated heterocycles. The molecule has 1 aliphatic carbocycles. The molecule has 0 unspecified atom stereocenters. The van der Waals surface area contributed by atoms with Crippen molar-refractivity contribution in [2.24, 2.45) is 5.92 Å². The van der Waals surface area contributed by atoms with Crippen LogP contribution in [0.25, 0.3) is 0 Å². The molecule has 35 heavy (non-hydrogen) atoms. The second kappa shape index (κ2) is 9.43. The van der Waals surface area contributed by atoms with Crippen LogP contribution in [-0.4, -0.2) is 69.3 Å². The fourth-order valence-electron chi connectivity index (χ4n) is 4.55. The standard InChI is InChI=1S/C24H29ClN6O4/c25-18-5-1-16(2-6-18)12-26-23(34)28-19-11-20-22(33)30(15-27-31(20)13-19)14-24(35)7-9-29(10-8-24)21(32)17-3-4-17/h1-2,5-6,11,13,17,27,35H,3-4,7-10,12,14-15H2,(H2,26,28,34). The lowest BCUT2D eigenvalue weighted by atomic mass is 9.90. The number of hydrogen-bond donors (Lipinski definition) is 4. The molecular weight excluding hydrogens is 472 g/mol. The number of aliphatic hydroxyl groups is 1. The molecule has 2 aromatic rings. The van der Waals surface area contributed by atoms with Crippen LogP contribution in [-0.2, 0) is 11.3 Å². The Hall–Kier alpha value is -3.24. The smallest absolute Gasteiger partial charge is 0.319 e. The van der Waals surface area contributed by atoms with Crippen molar-refractivity contribution in [2.75, 3.05) is 37.0 Å². The first-order chi connectivity index (χ1) is 16.8. The Balaban J connectivity index is 1.14. The number of nitrogens with one attached hydrogen (secondary N) is 3. The van der Waals surface area contributed by atoms with Crippen LogP contribution in [0.15, 0.2) is 36.5 Å². The van der Waals surface area contributed by atoms with Gasteiger partial charge in [0.1, 0.15) is 12.4 Å². The molecule has 3 heterocycles. The van der Waals surface area contributed by atoms with Gasteiger partial charge in [0.15, 0.2) is 0 Å². The summed E-state index contributed by atoms with van der Waals surface area (Å²) in [4.78, 5) is 41.1. The van der Waals surface area contributed by atoms with Gasteiger partial charge in [0.25, 0.3) is 5.91 Å². The van der Waals surface area contributed by atoms with Crippen LogP contribution in [0.5, 0.6) is 0 Å². The van der Waals surface area contributed by atoms with Crippen molar-refractivity contribution in [3.63, 3.8) is 0 Å². The number of amides is 4. The Morgan fingerprint density at radius 3 is 2.57 bits per heavy atom. The van der Waals surface area contributed by atoms with E-state index in [4.69, 9.17) is 11.6 Å². The van der Waals surface area contributed by atoms with Gasteiger partial charge in [-0.1, -0.05) is 23.7 Å². The van der Waals surface area contributed by atoms with E-state index in [0.717, 1.165) is 18.4 Å². The quantitative estimate of drug-likeness (QED) is 0.485. The molecule has 0 atom stereocenters. The van der Waals surface area contributed by atoms with Crippen molar-refractivity contribution in [1.29, 1.82) is 0 Å². The summed E-state index contributed by atoms with van der Waals surface area (Å²) in [5.41, 5.74) is 3.84. The zero-order valence-electron chi connectivity index (χ0n) is 19.3. The summed E-state index contributed by atoms with van der Waals surface area (Å²) in [5.74, 6) is 0.130. The van der Waals surface area contributed by atoms with Crippen molar-refractivity contribution in [1.82, 2.24) is 19.8 Å². The average Bonchev–Trinajstić information content (AvgIpc) is 3.61. The van der Waals surface area contributed by atoms with E-state index in [1.54, 1.807) is 34.0 Å². The summed E-state index contributed by atoms with van der Waals surface area (Å²) in [6.07, 6.45) is 4.46. The number of aromatic nitrogens is 1. The van der Waals surface area contributed by atoms with Crippen molar-refractivity contribution in [3.05, 3.63) is 52.8 Å². The highest BCUT2D eigenvalue weighted by atomic mass is 35.5. The summed E-state index contributed by atoms with van der Waals surface area (Å²) in [5, 5.41) is 17.2. The second-order valence-corrected chi connectivity index (χ2v) is 10.00. The van der Waals surface area contributed by atoms with E-state index >= 15 is 0 Å². The summed E-state index contributed by atoms with van der Waals surface area (Å²) >= 11 is 5.88. The Bertz CT molecular complexity index is 1120. The normalized spacial score (nSPS) is 19.1. The molecule has 0 spiro atoms. The third kappa shape index (κ3) is 5.38. The first-order valence-corrected chi connectivity index (χ1v) is 12.2. The minimum atomic E-state index is -1.03. The third-order valence-electron chi connectivity index (χ3n) is 6.80. The summed E-state index contributed by atoms with van der Waals surface area (Å²) in [6, 6.07) is 8.39. The SMILES string of the molecule is O=C(NCc1ccc(Cl)cc1)Nc1cc2n(c1)NCN(CC1(O)CCN(C(=O)C3CC3)CC1)C2=O. The highest BCUT2D eigenvalue weighted by Crippen LogP contribution is 2.33. The van der Waals surface area contributed by atoms with Crippen molar-refractivity contribution >= 4 is 35.1 Å². The molecular formula is C24H29ClN6O4. The molecule has 1 aromatic carbocycles. The summed E-state index contributed by atoms with van der Waals surface area (Å²) in [7, 11) is 0. The number of fused-ring (bicyclic) bond motifs is 1. The number of benzene rings is 1. The highest BCUT2D eigenvalue weighted by Gasteiger charge is 2.41. The number of likely N-dealkylation sites (tertiary alicyclic amines) is 1. The highest BCUT2D eigenvalue weighted by molar-refractivity contribution is 6.30. The van der Waals surface area contributed by atoms with Crippen LogP contribution in [0.3, 0.4) is 0 Å². The molecule has 0 bridgehead atoms. The molecule has 11 heteroatoms. The molecule has 0 radical (unpaired) electrons. The van der Waals surface area contributed by atoms with Crippen LogP contribution in [0.2, 0.25) is 5.02 Å². The lowest BCUT2D eigenvalue weighted by Crippen LogP contribution is -2.56. The first-order valence-electron chi connectivity index (χ1n) is 11.9. The maximum absolute atomic E-state index is 13.1. The van der Waals surface area contributed by atoms with Gasteiger partial charge in [-0.3, -0.25) is 14.3 Å². The lowest BCUT2D eigenvalue weighted by molar-refractivity contribution is -0.137. The first kappa shape index (κ1) is 23.5. The number of urea groups is 1. The molecule has 5 rings (SSSR count). The van der Waals surface area contributed by atoms with E-state index in [0.29, 0.717) is 48.9 Å². The Kier molecular flexibility index (Phi) is 6.33. The number of carbonyl (C=O) groups is 3. The number of halogens is 1. The molecule has 2 aliphatic heterocycles.